The van der Waals surface area contributed by atoms with E-state index in [1.807, 2.05) is 13.8 Å². The molecule has 0 aliphatic carbocycles. The highest BCUT2D eigenvalue weighted by Crippen LogP contribution is 2.51. The summed E-state index contributed by atoms with van der Waals surface area (Å²) in [6.07, 6.45) is 3.12. The van der Waals surface area contributed by atoms with Crippen LogP contribution in [0.2, 0.25) is 0 Å². The zero-order chi connectivity index (χ0) is 17.5. The third-order valence-electron chi connectivity index (χ3n) is 4.93. The van der Waals surface area contributed by atoms with Crippen LogP contribution in [-0.4, -0.2) is 44.8 Å². The lowest BCUT2D eigenvalue weighted by molar-refractivity contribution is -0.922. The molecule has 0 bridgehead atoms. The van der Waals surface area contributed by atoms with Crippen LogP contribution in [0.5, 0.6) is 17.2 Å². The first-order chi connectivity index (χ1) is 11.3. The predicted molar refractivity (Wildman–Crippen MR) is 91.6 cm³/mol. The summed E-state index contributed by atoms with van der Waals surface area (Å²) in [5.74, 6) is 2.28. The molecule has 138 valence electrons. The van der Waals surface area contributed by atoms with E-state index in [1.165, 1.54) is 5.56 Å². The van der Waals surface area contributed by atoms with Crippen LogP contribution in [0, 0.1) is 0 Å². The molecule has 2 heterocycles. The maximum absolute atomic E-state index is 12.5. The number of halogens is 1. The van der Waals surface area contributed by atoms with Crippen molar-refractivity contribution in [3.05, 3.63) is 28.8 Å². The van der Waals surface area contributed by atoms with Gasteiger partial charge in [-0.1, -0.05) is 5.57 Å². The lowest BCUT2D eigenvalue weighted by atomic mass is 9.86. The highest BCUT2D eigenvalue weighted by atomic mass is 127. The Balaban J connectivity index is 0.00000225. The van der Waals surface area contributed by atoms with E-state index in [-0.39, 0.29) is 42.6 Å². The number of carbonyl (C=O) groups excluding carboxylic acids is 1. The summed E-state index contributed by atoms with van der Waals surface area (Å²) in [6, 6.07) is 2.10. The monoisotopic (exact) mass is 459 g/mol. The van der Waals surface area contributed by atoms with Crippen molar-refractivity contribution in [2.24, 2.45) is 0 Å². The third-order valence-corrected chi connectivity index (χ3v) is 4.93. The summed E-state index contributed by atoms with van der Waals surface area (Å²) < 4.78 is 17.6. The lowest BCUT2D eigenvalue weighted by Gasteiger charge is -2.43. The van der Waals surface area contributed by atoms with Crippen molar-refractivity contribution < 1.29 is 47.5 Å². The SMILES string of the molecule is COc1c2c(cc3c1C(CC(=O)C=C(C)C)[N+](C)(C)CC3)OCO2.[I-]. The van der Waals surface area contributed by atoms with Gasteiger partial charge in [0.15, 0.2) is 17.3 Å². The van der Waals surface area contributed by atoms with Gasteiger partial charge in [0.2, 0.25) is 12.5 Å². The van der Waals surface area contributed by atoms with Crippen molar-refractivity contribution in [1.82, 2.24) is 0 Å². The Hall–Kier alpha value is -1.28. The molecule has 1 aromatic carbocycles. The molecule has 0 fully saturated rings. The van der Waals surface area contributed by atoms with Gasteiger partial charge in [-0.3, -0.25) is 4.79 Å². The fraction of sp³-hybridized carbons (Fsp3) is 0.526. The van der Waals surface area contributed by atoms with E-state index in [0.29, 0.717) is 12.2 Å². The second-order valence-corrected chi connectivity index (χ2v) is 7.38. The standard InChI is InChI=1S/C19H26NO4.HI/c1-12(2)8-14(21)10-15-17-13(6-7-20(15,3)4)9-16-18(19(17)22-5)24-11-23-16;/h8-9,15H,6-7,10-11H2,1-5H3;1H/q+1;/p-1. The van der Waals surface area contributed by atoms with Gasteiger partial charge in [-0.25, -0.2) is 0 Å². The molecule has 0 saturated heterocycles. The summed E-state index contributed by atoms with van der Waals surface area (Å²) in [5, 5.41) is 0. The van der Waals surface area contributed by atoms with Crippen LogP contribution in [-0.2, 0) is 11.2 Å². The Kier molecular flexibility index (Phi) is 6.04. The zero-order valence-electron chi connectivity index (χ0n) is 15.5. The van der Waals surface area contributed by atoms with Crippen molar-refractivity contribution in [3.63, 3.8) is 0 Å². The molecule has 2 aliphatic heterocycles. The van der Waals surface area contributed by atoms with Crippen molar-refractivity contribution in [1.29, 1.82) is 0 Å². The second-order valence-electron chi connectivity index (χ2n) is 7.38. The molecule has 25 heavy (non-hydrogen) atoms. The van der Waals surface area contributed by atoms with Gasteiger partial charge in [0.1, 0.15) is 6.04 Å². The molecule has 2 aliphatic rings. The Morgan fingerprint density at radius 2 is 2.08 bits per heavy atom. The second kappa shape index (κ2) is 7.53. The van der Waals surface area contributed by atoms with Gasteiger partial charge in [-0.05, 0) is 31.6 Å². The molecule has 0 N–H and O–H groups in total. The number of hydrogen-bond donors (Lipinski definition) is 0. The van der Waals surface area contributed by atoms with E-state index in [4.69, 9.17) is 14.2 Å². The lowest BCUT2D eigenvalue weighted by Crippen LogP contribution is -3.00. The number of allylic oxidation sites excluding steroid dienone is 2. The first-order valence-corrected chi connectivity index (χ1v) is 8.33. The molecule has 0 radical (unpaired) electrons. The van der Waals surface area contributed by atoms with Crippen molar-refractivity contribution in [3.8, 4) is 17.2 Å². The number of methoxy groups -OCH3 is 1. The van der Waals surface area contributed by atoms with Gasteiger partial charge >= 0.3 is 0 Å². The molecule has 0 saturated carbocycles. The van der Waals surface area contributed by atoms with Crippen LogP contribution in [0.25, 0.3) is 0 Å². The molecule has 5 nitrogen and oxygen atoms in total. The van der Waals surface area contributed by atoms with Crippen LogP contribution in [0.1, 0.15) is 37.4 Å². The molecule has 0 aromatic heterocycles. The van der Waals surface area contributed by atoms with Crippen LogP contribution < -0.4 is 38.2 Å². The predicted octanol–water partition coefficient (Wildman–Crippen LogP) is 0.0269. The molecule has 3 rings (SSSR count). The maximum Gasteiger partial charge on any atom is 0.231 e. The minimum atomic E-state index is 0. The normalized spacial score (nSPS) is 19.5. The summed E-state index contributed by atoms with van der Waals surface area (Å²) >= 11 is 0. The molecule has 1 unspecified atom stereocenters. The first kappa shape index (κ1) is 20.0. The summed E-state index contributed by atoms with van der Waals surface area (Å²) in [6.45, 7) is 5.09. The number of quaternary nitrogens is 1. The van der Waals surface area contributed by atoms with Crippen molar-refractivity contribution in [2.75, 3.05) is 34.5 Å². The van der Waals surface area contributed by atoms with Crippen molar-refractivity contribution >= 4 is 5.78 Å². The van der Waals surface area contributed by atoms with E-state index in [9.17, 15) is 4.79 Å². The number of ether oxygens (including phenoxy) is 3. The number of ketones is 1. The molecule has 1 aromatic rings. The maximum atomic E-state index is 12.5. The number of benzene rings is 1. The van der Waals surface area contributed by atoms with Gasteiger partial charge in [0.05, 0.1) is 39.7 Å². The van der Waals surface area contributed by atoms with E-state index < -0.39 is 0 Å². The van der Waals surface area contributed by atoms with Gasteiger partial charge in [-0.2, -0.15) is 0 Å². The van der Waals surface area contributed by atoms with Crippen LogP contribution >= 0.6 is 0 Å². The highest BCUT2D eigenvalue weighted by molar-refractivity contribution is 5.90. The number of carbonyl (C=O) groups is 1. The van der Waals surface area contributed by atoms with Crippen LogP contribution in [0.15, 0.2) is 17.7 Å². The summed E-state index contributed by atoms with van der Waals surface area (Å²) in [7, 11) is 6.00. The van der Waals surface area contributed by atoms with Crippen LogP contribution in [0.4, 0.5) is 0 Å². The van der Waals surface area contributed by atoms with E-state index in [1.54, 1.807) is 13.2 Å². The Labute approximate surface area is 166 Å². The van der Waals surface area contributed by atoms with Gasteiger partial charge in [0, 0.05) is 6.42 Å². The van der Waals surface area contributed by atoms with Crippen LogP contribution in [0.3, 0.4) is 0 Å². The number of likely N-dealkylation sites (N-methyl/N-ethyl adjacent to an activating group) is 1. The third kappa shape index (κ3) is 3.79. The number of rotatable bonds is 4. The van der Waals surface area contributed by atoms with Gasteiger partial charge in [-0.15, -0.1) is 0 Å². The van der Waals surface area contributed by atoms with E-state index >= 15 is 0 Å². The topological polar surface area (TPSA) is 44.8 Å². The largest absolute Gasteiger partial charge is 1.00 e. The minimum absolute atomic E-state index is 0. The molecule has 0 spiro atoms. The fourth-order valence-corrected chi connectivity index (χ4v) is 3.69. The first-order valence-electron chi connectivity index (χ1n) is 8.33. The Morgan fingerprint density at radius 1 is 1.36 bits per heavy atom. The molecular weight excluding hydrogens is 433 g/mol. The number of hydrogen-bond acceptors (Lipinski definition) is 4. The Bertz CT molecular complexity index is 708. The summed E-state index contributed by atoms with van der Waals surface area (Å²) in [4.78, 5) is 12.5. The van der Waals surface area contributed by atoms with Gasteiger partial charge in [0.25, 0.3) is 0 Å². The van der Waals surface area contributed by atoms with Gasteiger partial charge < -0.3 is 42.7 Å². The Morgan fingerprint density at radius 3 is 2.72 bits per heavy atom. The van der Waals surface area contributed by atoms with E-state index in [0.717, 1.165) is 40.1 Å². The highest BCUT2D eigenvalue weighted by Gasteiger charge is 2.41. The van der Waals surface area contributed by atoms with E-state index in [2.05, 4.69) is 20.2 Å². The van der Waals surface area contributed by atoms with Crippen molar-refractivity contribution in [2.45, 2.75) is 32.7 Å². The smallest absolute Gasteiger partial charge is 0.231 e. The number of nitrogens with zero attached hydrogens (tertiary/aromatic N) is 1. The average molecular weight is 459 g/mol. The molecular formula is C19H26INO4. The fourth-order valence-electron chi connectivity index (χ4n) is 3.69. The zero-order valence-corrected chi connectivity index (χ0v) is 17.7. The number of fused-ring (bicyclic) bond motifs is 2. The molecule has 1 atom stereocenters. The minimum Gasteiger partial charge on any atom is -1.00 e. The molecule has 6 heteroatoms. The quantitative estimate of drug-likeness (QED) is 0.362. The average Bonchev–Trinajstić information content (AvgIpc) is 2.95. The summed E-state index contributed by atoms with van der Waals surface area (Å²) in [5.41, 5.74) is 3.32. The molecule has 0 amide bonds.